The summed E-state index contributed by atoms with van der Waals surface area (Å²) < 4.78 is 0. The van der Waals surface area contributed by atoms with E-state index in [4.69, 9.17) is 4.98 Å². The van der Waals surface area contributed by atoms with Crippen molar-refractivity contribution in [1.29, 1.82) is 0 Å². The van der Waals surface area contributed by atoms with Gasteiger partial charge in [0.1, 0.15) is 5.82 Å². The highest BCUT2D eigenvalue weighted by molar-refractivity contribution is 5.95. The minimum Gasteiger partial charge on any atom is -0.478 e. The minimum atomic E-state index is -0.902. The predicted molar refractivity (Wildman–Crippen MR) is 115 cm³/mol. The fourth-order valence-electron chi connectivity index (χ4n) is 4.07. The van der Waals surface area contributed by atoms with Gasteiger partial charge in [0.15, 0.2) is 0 Å². The van der Waals surface area contributed by atoms with Crippen molar-refractivity contribution in [3.05, 3.63) is 83.6 Å². The molecule has 5 nitrogen and oxygen atoms in total. The first-order valence-electron chi connectivity index (χ1n) is 9.96. The van der Waals surface area contributed by atoms with Crippen LogP contribution in [-0.2, 0) is 6.54 Å². The molecule has 2 heterocycles. The Balaban J connectivity index is 1.52. The highest BCUT2D eigenvalue weighted by atomic mass is 16.4. The molecule has 1 aromatic heterocycles. The van der Waals surface area contributed by atoms with Crippen LogP contribution in [0.4, 0.5) is 5.82 Å². The number of aromatic nitrogens is 1. The van der Waals surface area contributed by atoms with E-state index in [0.717, 1.165) is 42.1 Å². The zero-order valence-electron chi connectivity index (χ0n) is 16.5. The van der Waals surface area contributed by atoms with Crippen LogP contribution in [0.5, 0.6) is 0 Å². The SMILES string of the molecule is CNc1cccc(C2CCCN2Cc2ccc(-c3ccccc3C(=O)O)cc2)n1. The van der Waals surface area contributed by atoms with Crippen LogP contribution in [0, 0.1) is 0 Å². The Hall–Kier alpha value is -3.18. The number of carboxylic acid groups (broad SMARTS) is 1. The molecular formula is C24H25N3O2. The van der Waals surface area contributed by atoms with Crippen LogP contribution in [0.25, 0.3) is 11.1 Å². The molecule has 3 aromatic rings. The number of hydrogen-bond acceptors (Lipinski definition) is 4. The summed E-state index contributed by atoms with van der Waals surface area (Å²) in [5, 5.41) is 12.5. The fourth-order valence-corrected chi connectivity index (χ4v) is 4.07. The van der Waals surface area contributed by atoms with E-state index in [-0.39, 0.29) is 0 Å². The Kier molecular flexibility index (Phi) is 5.58. The number of likely N-dealkylation sites (tertiary alicyclic amines) is 1. The van der Waals surface area contributed by atoms with Crippen LogP contribution in [-0.4, -0.2) is 34.6 Å². The Bertz CT molecular complexity index is 1000. The number of aromatic carboxylic acids is 1. The molecule has 0 amide bonds. The van der Waals surface area contributed by atoms with E-state index in [1.165, 1.54) is 12.0 Å². The third-order valence-corrected chi connectivity index (χ3v) is 5.54. The first-order valence-corrected chi connectivity index (χ1v) is 9.96. The zero-order chi connectivity index (χ0) is 20.2. The average molecular weight is 387 g/mol. The third kappa shape index (κ3) is 4.15. The van der Waals surface area contributed by atoms with E-state index in [0.29, 0.717) is 11.6 Å². The van der Waals surface area contributed by atoms with Gasteiger partial charge in [-0.3, -0.25) is 4.90 Å². The van der Waals surface area contributed by atoms with Crippen LogP contribution < -0.4 is 5.32 Å². The lowest BCUT2D eigenvalue weighted by Crippen LogP contribution is -2.23. The van der Waals surface area contributed by atoms with E-state index in [9.17, 15) is 9.90 Å². The van der Waals surface area contributed by atoms with E-state index in [2.05, 4.69) is 34.5 Å². The second kappa shape index (κ2) is 8.45. The molecule has 1 atom stereocenters. The van der Waals surface area contributed by atoms with E-state index < -0.39 is 5.97 Å². The molecule has 148 valence electrons. The molecule has 1 unspecified atom stereocenters. The van der Waals surface area contributed by atoms with Crippen molar-refractivity contribution in [1.82, 2.24) is 9.88 Å². The Morgan fingerprint density at radius 1 is 1.10 bits per heavy atom. The van der Waals surface area contributed by atoms with Gasteiger partial charge in [0.05, 0.1) is 17.3 Å². The van der Waals surface area contributed by atoms with Gasteiger partial charge >= 0.3 is 5.97 Å². The molecule has 4 rings (SSSR count). The van der Waals surface area contributed by atoms with Gasteiger partial charge in [0, 0.05) is 13.6 Å². The number of hydrogen-bond donors (Lipinski definition) is 2. The maximum atomic E-state index is 11.5. The third-order valence-electron chi connectivity index (χ3n) is 5.54. The van der Waals surface area contributed by atoms with Crippen LogP contribution in [0.2, 0.25) is 0 Å². The predicted octanol–water partition coefficient (Wildman–Crippen LogP) is 4.83. The summed E-state index contributed by atoms with van der Waals surface area (Å²) in [6.07, 6.45) is 2.28. The lowest BCUT2D eigenvalue weighted by atomic mass is 9.98. The van der Waals surface area contributed by atoms with Crippen LogP contribution in [0.1, 0.15) is 40.5 Å². The summed E-state index contributed by atoms with van der Waals surface area (Å²) in [5.41, 5.74) is 4.33. The second-order valence-corrected chi connectivity index (χ2v) is 7.37. The second-order valence-electron chi connectivity index (χ2n) is 7.37. The summed E-state index contributed by atoms with van der Waals surface area (Å²) in [6, 6.07) is 21.8. The van der Waals surface area contributed by atoms with Crippen molar-refractivity contribution in [3.63, 3.8) is 0 Å². The van der Waals surface area contributed by atoms with Crippen molar-refractivity contribution < 1.29 is 9.90 Å². The van der Waals surface area contributed by atoms with Crippen molar-refractivity contribution in [2.45, 2.75) is 25.4 Å². The standard InChI is InChI=1S/C24H25N3O2/c1-25-23-10-4-8-21(26-23)22-9-5-15-27(22)16-17-11-13-18(14-12-17)19-6-2-3-7-20(19)24(28)29/h2-4,6-8,10-14,22H,5,9,15-16H2,1H3,(H,25,26)(H,28,29). The number of rotatable bonds is 6. The molecule has 1 aliphatic rings. The van der Waals surface area contributed by atoms with E-state index in [1.54, 1.807) is 12.1 Å². The van der Waals surface area contributed by atoms with Gasteiger partial charge in [-0.15, -0.1) is 0 Å². The smallest absolute Gasteiger partial charge is 0.336 e. The molecule has 0 bridgehead atoms. The summed E-state index contributed by atoms with van der Waals surface area (Å²) in [6.45, 7) is 1.91. The molecule has 5 heteroatoms. The quantitative estimate of drug-likeness (QED) is 0.634. The monoisotopic (exact) mass is 387 g/mol. The molecule has 1 saturated heterocycles. The van der Waals surface area contributed by atoms with Crippen molar-refractivity contribution in [2.75, 3.05) is 18.9 Å². The van der Waals surface area contributed by atoms with Crippen LogP contribution in [0.3, 0.4) is 0 Å². The highest BCUT2D eigenvalue weighted by Gasteiger charge is 2.27. The van der Waals surface area contributed by atoms with Crippen molar-refractivity contribution in [2.24, 2.45) is 0 Å². The van der Waals surface area contributed by atoms with E-state index in [1.807, 2.05) is 37.4 Å². The first-order chi connectivity index (χ1) is 14.2. The molecule has 29 heavy (non-hydrogen) atoms. The van der Waals surface area contributed by atoms with Crippen molar-refractivity contribution in [3.8, 4) is 11.1 Å². The molecule has 2 aromatic carbocycles. The first kappa shape index (κ1) is 19.2. The largest absolute Gasteiger partial charge is 0.478 e. The van der Waals surface area contributed by atoms with Gasteiger partial charge in [-0.1, -0.05) is 48.5 Å². The van der Waals surface area contributed by atoms with Gasteiger partial charge in [-0.2, -0.15) is 0 Å². The summed E-state index contributed by atoms with van der Waals surface area (Å²) >= 11 is 0. The summed E-state index contributed by atoms with van der Waals surface area (Å²) in [5.74, 6) is -0.00307. The number of anilines is 1. The summed E-state index contributed by atoms with van der Waals surface area (Å²) in [4.78, 5) is 18.7. The number of nitrogens with one attached hydrogen (secondary N) is 1. The topological polar surface area (TPSA) is 65.5 Å². The Morgan fingerprint density at radius 2 is 1.90 bits per heavy atom. The highest BCUT2D eigenvalue weighted by Crippen LogP contribution is 2.33. The molecule has 0 spiro atoms. The number of nitrogens with zero attached hydrogens (tertiary/aromatic N) is 2. The van der Waals surface area contributed by atoms with Gasteiger partial charge in [-0.25, -0.2) is 9.78 Å². The molecule has 2 N–H and O–H groups in total. The number of benzene rings is 2. The van der Waals surface area contributed by atoms with Gasteiger partial charge < -0.3 is 10.4 Å². The minimum absolute atomic E-state index is 0.329. The molecule has 0 aliphatic carbocycles. The summed E-state index contributed by atoms with van der Waals surface area (Å²) in [7, 11) is 1.89. The molecule has 0 radical (unpaired) electrons. The van der Waals surface area contributed by atoms with Crippen LogP contribution >= 0.6 is 0 Å². The number of pyridine rings is 1. The molecule has 1 aliphatic heterocycles. The van der Waals surface area contributed by atoms with Crippen molar-refractivity contribution >= 4 is 11.8 Å². The van der Waals surface area contributed by atoms with Gasteiger partial charge in [0.25, 0.3) is 0 Å². The van der Waals surface area contributed by atoms with E-state index >= 15 is 0 Å². The molecule has 1 fully saturated rings. The lowest BCUT2D eigenvalue weighted by Gasteiger charge is -2.24. The van der Waals surface area contributed by atoms with Gasteiger partial charge in [0.2, 0.25) is 0 Å². The number of carboxylic acids is 1. The lowest BCUT2D eigenvalue weighted by molar-refractivity contribution is 0.0697. The van der Waals surface area contributed by atoms with Crippen LogP contribution in [0.15, 0.2) is 66.7 Å². The Morgan fingerprint density at radius 3 is 2.66 bits per heavy atom. The maximum Gasteiger partial charge on any atom is 0.336 e. The average Bonchev–Trinajstić information content (AvgIpc) is 3.22. The fraction of sp³-hybridized carbons (Fsp3) is 0.250. The molecular weight excluding hydrogens is 362 g/mol. The normalized spacial score (nSPS) is 16.7. The maximum absolute atomic E-state index is 11.5. The number of carbonyl (C=O) groups is 1. The Labute approximate surface area is 171 Å². The van der Waals surface area contributed by atoms with Gasteiger partial charge in [-0.05, 0) is 54.3 Å². The zero-order valence-corrected chi connectivity index (χ0v) is 16.5. The molecule has 0 saturated carbocycles.